The first-order valence-corrected chi connectivity index (χ1v) is 8.54. The summed E-state index contributed by atoms with van der Waals surface area (Å²) in [6, 6.07) is 6.89. The van der Waals surface area contributed by atoms with Crippen LogP contribution < -0.4 is 10.6 Å². The van der Waals surface area contributed by atoms with Crippen LogP contribution in [-0.4, -0.2) is 53.8 Å². The number of hydrogen-bond acceptors (Lipinski definition) is 5. The number of nitrogens with one attached hydrogen (secondary N) is 2. The van der Waals surface area contributed by atoms with Gasteiger partial charge in [-0.2, -0.15) is 8.42 Å². The average Bonchev–Trinajstić information content (AvgIpc) is 2.97. The molecule has 0 radical (unpaired) electrons. The molecule has 1 aromatic rings. The highest BCUT2D eigenvalue weighted by Gasteiger charge is 2.37. The lowest BCUT2D eigenvalue weighted by molar-refractivity contribution is -0.142. The predicted octanol–water partition coefficient (Wildman–Crippen LogP) is -0.583. The summed E-state index contributed by atoms with van der Waals surface area (Å²) in [5, 5.41) is 13.3. The third kappa shape index (κ3) is 4.75. The normalized spacial score (nSPS) is 22.5. The molecule has 0 unspecified atom stereocenters. The highest BCUT2D eigenvalue weighted by molar-refractivity contribution is 7.86. The van der Waals surface area contributed by atoms with Gasteiger partial charge in [0.2, 0.25) is 5.91 Å². The molecule has 0 saturated carbocycles. The van der Waals surface area contributed by atoms with E-state index >= 15 is 0 Å². The van der Waals surface area contributed by atoms with E-state index in [1.807, 2.05) is 0 Å². The van der Waals surface area contributed by atoms with E-state index in [2.05, 4.69) is 10.6 Å². The topological polar surface area (TPSA) is 133 Å². The van der Waals surface area contributed by atoms with Gasteiger partial charge in [-0.25, -0.2) is 4.79 Å². The van der Waals surface area contributed by atoms with Crippen molar-refractivity contribution in [2.75, 3.05) is 6.54 Å². The van der Waals surface area contributed by atoms with Crippen LogP contribution in [-0.2, 0) is 26.1 Å². The van der Waals surface area contributed by atoms with E-state index in [1.54, 1.807) is 30.3 Å². The van der Waals surface area contributed by atoms with Crippen LogP contribution in [0.1, 0.15) is 12.0 Å². The Balaban J connectivity index is 1.98. The number of carbonyl (C=O) groups excluding carboxylic acids is 1. The fourth-order valence-electron chi connectivity index (χ4n) is 2.45. The molecule has 1 heterocycles. The Morgan fingerprint density at radius 3 is 2.48 bits per heavy atom. The monoisotopic (exact) mass is 342 g/mol. The number of benzene rings is 1. The molecule has 1 saturated heterocycles. The summed E-state index contributed by atoms with van der Waals surface area (Å²) < 4.78 is 31.1. The quantitative estimate of drug-likeness (QED) is 0.508. The van der Waals surface area contributed by atoms with Crippen LogP contribution >= 0.6 is 0 Å². The van der Waals surface area contributed by atoms with E-state index in [4.69, 9.17) is 4.55 Å². The molecular formula is C14H18N2O6S. The Labute approximate surface area is 133 Å². The zero-order chi connectivity index (χ0) is 17.0. The number of hydrogen-bond donors (Lipinski definition) is 4. The number of carboxylic acid groups (broad SMARTS) is 1. The Morgan fingerprint density at radius 1 is 1.30 bits per heavy atom. The second kappa shape index (κ2) is 7.07. The molecule has 1 amide bonds. The Hall–Kier alpha value is -1.97. The van der Waals surface area contributed by atoms with Gasteiger partial charge in [-0.1, -0.05) is 30.3 Å². The molecular weight excluding hydrogens is 324 g/mol. The zero-order valence-electron chi connectivity index (χ0n) is 12.2. The summed E-state index contributed by atoms with van der Waals surface area (Å²) >= 11 is 0. The van der Waals surface area contributed by atoms with Gasteiger partial charge in [-0.3, -0.25) is 9.35 Å². The van der Waals surface area contributed by atoms with Gasteiger partial charge < -0.3 is 15.7 Å². The predicted molar refractivity (Wildman–Crippen MR) is 81.5 cm³/mol. The van der Waals surface area contributed by atoms with Gasteiger partial charge in [0.1, 0.15) is 11.3 Å². The minimum Gasteiger partial charge on any atom is -0.480 e. The van der Waals surface area contributed by atoms with E-state index in [-0.39, 0.29) is 19.4 Å². The van der Waals surface area contributed by atoms with Gasteiger partial charge in [-0.05, 0) is 12.0 Å². The Bertz CT molecular complexity index is 676. The van der Waals surface area contributed by atoms with E-state index in [0.717, 1.165) is 5.56 Å². The first kappa shape index (κ1) is 17.4. The number of rotatable bonds is 6. The van der Waals surface area contributed by atoms with Crippen LogP contribution in [0.15, 0.2) is 30.3 Å². The first-order valence-electron chi connectivity index (χ1n) is 7.04. The Morgan fingerprint density at radius 2 is 1.96 bits per heavy atom. The van der Waals surface area contributed by atoms with Crippen molar-refractivity contribution in [2.24, 2.45) is 0 Å². The maximum atomic E-state index is 12.1. The van der Waals surface area contributed by atoms with Crippen molar-refractivity contribution in [1.82, 2.24) is 10.6 Å². The fraction of sp³-hybridized carbons (Fsp3) is 0.429. The van der Waals surface area contributed by atoms with Crippen molar-refractivity contribution in [3.05, 3.63) is 35.9 Å². The van der Waals surface area contributed by atoms with Crippen LogP contribution in [0.4, 0.5) is 0 Å². The lowest BCUT2D eigenvalue weighted by atomic mass is 10.1. The maximum absolute atomic E-state index is 12.1. The SMILES string of the molecule is O=C(O)[C@H](Cc1ccccc1)NC(=O)[C@@H]1C[C@H](S(=O)(=O)O)CN1. The van der Waals surface area contributed by atoms with Gasteiger partial charge in [0.05, 0.1) is 6.04 Å². The molecule has 9 heteroatoms. The van der Waals surface area contributed by atoms with Crippen LogP contribution in [0.3, 0.4) is 0 Å². The molecule has 126 valence electrons. The second-order valence-corrected chi connectivity index (χ2v) is 7.12. The van der Waals surface area contributed by atoms with Crippen molar-refractivity contribution in [2.45, 2.75) is 30.2 Å². The van der Waals surface area contributed by atoms with Gasteiger partial charge in [-0.15, -0.1) is 0 Å². The highest BCUT2D eigenvalue weighted by atomic mass is 32.2. The summed E-state index contributed by atoms with van der Waals surface area (Å²) in [7, 11) is -4.22. The van der Waals surface area contributed by atoms with Crippen molar-refractivity contribution in [1.29, 1.82) is 0 Å². The molecule has 1 fully saturated rings. The van der Waals surface area contributed by atoms with Crippen LogP contribution in [0.2, 0.25) is 0 Å². The summed E-state index contributed by atoms with van der Waals surface area (Å²) in [6.07, 6.45) is 0.0265. The molecule has 1 aliphatic rings. The smallest absolute Gasteiger partial charge is 0.326 e. The summed E-state index contributed by atoms with van der Waals surface area (Å²) in [5.74, 6) is -1.77. The van der Waals surface area contributed by atoms with Gasteiger partial charge >= 0.3 is 5.97 Å². The van der Waals surface area contributed by atoms with E-state index in [9.17, 15) is 23.1 Å². The van der Waals surface area contributed by atoms with Crippen molar-refractivity contribution < 1.29 is 27.7 Å². The number of aliphatic carboxylic acids is 1. The van der Waals surface area contributed by atoms with Gasteiger partial charge in [0.15, 0.2) is 0 Å². The summed E-state index contributed by atoms with van der Waals surface area (Å²) in [5.41, 5.74) is 0.760. The second-order valence-electron chi connectivity index (χ2n) is 5.42. The van der Waals surface area contributed by atoms with E-state index in [0.29, 0.717) is 0 Å². The lowest BCUT2D eigenvalue weighted by Gasteiger charge is -2.17. The number of amides is 1. The molecule has 0 bridgehead atoms. The molecule has 2 rings (SSSR count). The fourth-order valence-corrected chi connectivity index (χ4v) is 3.19. The zero-order valence-corrected chi connectivity index (χ0v) is 13.0. The molecule has 8 nitrogen and oxygen atoms in total. The number of carbonyl (C=O) groups is 2. The first-order chi connectivity index (χ1) is 10.8. The highest BCUT2D eigenvalue weighted by Crippen LogP contribution is 2.14. The van der Waals surface area contributed by atoms with Crippen LogP contribution in [0, 0.1) is 0 Å². The molecule has 0 spiro atoms. The van der Waals surface area contributed by atoms with Crippen LogP contribution in [0.25, 0.3) is 0 Å². The molecule has 0 aromatic heterocycles. The summed E-state index contributed by atoms with van der Waals surface area (Å²) in [6.45, 7) is -0.0483. The average molecular weight is 342 g/mol. The molecule has 3 atom stereocenters. The van der Waals surface area contributed by atoms with Crippen molar-refractivity contribution >= 4 is 22.0 Å². The Kier molecular flexibility index (Phi) is 5.34. The maximum Gasteiger partial charge on any atom is 0.326 e. The van der Waals surface area contributed by atoms with Crippen LogP contribution in [0.5, 0.6) is 0 Å². The molecule has 1 aliphatic heterocycles. The molecule has 0 aliphatic carbocycles. The van der Waals surface area contributed by atoms with Gasteiger partial charge in [0.25, 0.3) is 10.1 Å². The third-order valence-corrected chi connectivity index (χ3v) is 4.93. The van der Waals surface area contributed by atoms with E-state index < -0.39 is 39.3 Å². The minimum atomic E-state index is -4.22. The van der Waals surface area contributed by atoms with Crippen molar-refractivity contribution in [3.63, 3.8) is 0 Å². The third-order valence-electron chi connectivity index (χ3n) is 3.73. The van der Waals surface area contributed by atoms with Crippen molar-refractivity contribution in [3.8, 4) is 0 Å². The molecule has 1 aromatic carbocycles. The largest absolute Gasteiger partial charge is 0.480 e. The number of carboxylic acids is 1. The lowest BCUT2D eigenvalue weighted by Crippen LogP contribution is -2.49. The van der Waals surface area contributed by atoms with E-state index in [1.165, 1.54) is 0 Å². The summed E-state index contributed by atoms with van der Waals surface area (Å²) in [4.78, 5) is 23.4. The van der Waals surface area contributed by atoms with Gasteiger partial charge in [0, 0.05) is 13.0 Å². The minimum absolute atomic E-state index is 0.0483. The molecule has 23 heavy (non-hydrogen) atoms. The molecule has 4 N–H and O–H groups in total. The standard InChI is InChI=1S/C14H18N2O6S/c17-13(11-7-10(8-15-11)23(20,21)22)16-12(14(18)19)6-9-4-2-1-3-5-9/h1-5,10-12,15H,6-8H2,(H,16,17)(H,18,19)(H,20,21,22)/t10-,11-,12-/m0/s1.